The van der Waals surface area contributed by atoms with Crippen LogP contribution in [0.25, 0.3) is 121 Å². The standard InChI is InChI=1S/C56H34N2O/c1-2-12-36(13-3-1)42-17-10-11-21-48(42)56-57-51(34-52(58-56)54-44-19-8-6-16-41(44)33-49-43-18-7-4-14-37(43)26-29-46(49)54)39-24-22-35(23-25-39)40-28-31-53-50(32-40)47-30-27-38-15-5-9-20-45(38)55(47)59-53/h1-34H. The van der Waals surface area contributed by atoms with E-state index in [2.05, 4.69) is 206 Å². The number of benzene rings is 10. The molecule has 0 aliphatic heterocycles. The maximum absolute atomic E-state index is 6.43. The van der Waals surface area contributed by atoms with Gasteiger partial charge >= 0.3 is 0 Å². The molecule has 10 aromatic carbocycles. The third kappa shape index (κ3) is 5.51. The normalized spacial score (nSPS) is 11.7. The Kier molecular flexibility index (Phi) is 7.54. The Labute approximate surface area is 340 Å². The van der Waals surface area contributed by atoms with E-state index in [4.69, 9.17) is 14.4 Å². The molecule has 0 spiro atoms. The molecule has 274 valence electrons. The van der Waals surface area contributed by atoms with Crippen LogP contribution in [0.15, 0.2) is 211 Å². The minimum Gasteiger partial charge on any atom is -0.455 e. The lowest BCUT2D eigenvalue weighted by Crippen LogP contribution is -1.98. The zero-order chi connectivity index (χ0) is 38.9. The molecular formula is C56H34N2O. The van der Waals surface area contributed by atoms with Gasteiger partial charge in [0.1, 0.15) is 11.2 Å². The number of hydrogen-bond acceptors (Lipinski definition) is 3. The molecule has 0 saturated heterocycles. The largest absolute Gasteiger partial charge is 0.455 e. The average Bonchev–Trinajstić information content (AvgIpc) is 3.69. The van der Waals surface area contributed by atoms with Crippen LogP contribution in [0.1, 0.15) is 0 Å². The van der Waals surface area contributed by atoms with Crippen molar-refractivity contribution in [1.82, 2.24) is 9.97 Å². The predicted octanol–water partition coefficient (Wildman–Crippen LogP) is 15.3. The van der Waals surface area contributed by atoms with Gasteiger partial charge in [0.05, 0.1) is 11.4 Å². The second kappa shape index (κ2) is 13.4. The van der Waals surface area contributed by atoms with Crippen molar-refractivity contribution in [2.75, 3.05) is 0 Å². The van der Waals surface area contributed by atoms with Gasteiger partial charge < -0.3 is 4.42 Å². The van der Waals surface area contributed by atoms with Crippen molar-refractivity contribution in [3.8, 4) is 56.2 Å². The summed E-state index contributed by atoms with van der Waals surface area (Å²) in [5.41, 5.74) is 11.2. The van der Waals surface area contributed by atoms with Crippen LogP contribution in [0.4, 0.5) is 0 Å². The molecule has 2 aromatic heterocycles. The lowest BCUT2D eigenvalue weighted by Gasteiger charge is -2.16. The summed E-state index contributed by atoms with van der Waals surface area (Å²) in [5.74, 6) is 0.688. The maximum Gasteiger partial charge on any atom is 0.161 e. The highest BCUT2D eigenvalue weighted by atomic mass is 16.3. The molecule has 0 bridgehead atoms. The SMILES string of the molecule is c1ccc(-c2ccccc2-c2nc(-c3ccc(-c4ccc5oc6c7ccccc7ccc6c5c4)cc3)cc(-c3c4ccccc4cc4c3ccc3ccccc34)n2)cc1. The van der Waals surface area contributed by atoms with Crippen LogP contribution in [-0.4, -0.2) is 9.97 Å². The summed E-state index contributed by atoms with van der Waals surface area (Å²) in [6, 6.07) is 73.3. The van der Waals surface area contributed by atoms with E-state index in [0.717, 1.165) is 83.0 Å². The molecule has 0 saturated carbocycles. The zero-order valence-electron chi connectivity index (χ0n) is 31.9. The quantitative estimate of drug-likeness (QED) is 0.130. The Morgan fingerprint density at radius 3 is 1.73 bits per heavy atom. The summed E-state index contributed by atoms with van der Waals surface area (Å²) >= 11 is 0. The first-order chi connectivity index (χ1) is 29.2. The Morgan fingerprint density at radius 2 is 0.915 bits per heavy atom. The molecule has 0 aliphatic carbocycles. The van der Waals surface area contributed by atoms with E-state index in [-0.39, 0.29) is 0 Å². The molecular weight excluding hydrogens is 717 g/mol. The van der Waals surface area contributed by atoms with Gasteiger partial charge in [-0.2, -0.15) is 0 Å². The first-order valence-electron chi connectivity index (χ1n) is 20.1. The summed E-state index contributed by atoms with van der Waals surface area (Å²) < 4.78 is 6.43. The molecule has 0 aliphatic rings. The summed E-state index contributed by atoms with van der Waals surface area (Å²) in [4.78, 5) is 10.8. The molecule has 3 nitrogen and oxygen atoms in total. The fourth-order valence-corrected chi connectivity index (χ4v) is 9.00. The van der Waals surface area contributed by atoms with E-state index in [1.165, 1.54) is 32.3 Å². The number of fused-ring (bicyclic) bond motifs is 9. The van der Waals surface area contributed by atoms with Crippen LogP contribution in [0.3, 0.4) is 0 Å². The molecule has 0 fully saturated rings. The van der Waals surface area contributed by atoms with Crippen molar-refractivity contribution < 1.29 is 4.42 Å². The fraction of sp³-hybridized carbons (Fsp3) is 0. The van der Waals surface area contributed by atoms with Crippen LogP contribution in [-0.2, 0) is 0 Å². The molecule has 12 rings (SSSR count). The molecule has 2 heterocycles. The third-order valence-corrected chi connectivity index (χ3v) is 11.9. The minimum atomic E-state index is 0.688. The van der Waals surface area contributed by atoms with Crippen molar-refractivity contribution in [3.05, 3.63) is 206 Å². The second-order valence-corrected chi connectivity index (χ2v) is 15.3. The topological polar surface area (TPSA) is 38.9 Å². The summed E-state index contributed by atoms with van der Waals surface area (Å²) in [7, 11) is 0. The van der Waals surface area contributed by atoms with E-state index < -0.39 is 0 Å². The maximum atomic E-state index is 6.43. The van der Waals surface area contributed by atoms with E-state index in [1.807, 2.05) is 0 Å². The monoisotopic (exact) mass is 750 g/mol. The molecule has 12 aromatic rings. The summed E-state index contributed by atoms with van der Waals surface area (Å²) in [5, 5.41) is 11.7. The number of hydrogen-bond donors (Lipinski definition) is 0. The second-order valence-electron chi connectivity index (χ2n) is 15.3. The third-order valence-electron chi connectivity index (χ3n) is 11.9. The average molecular weight is 751 g/mol. The first kappa shape index (κ1) is 33.3. The van der Waals surface area contributed by atoms with Crippen LogP contribution >= 0.6 is 0 Å². The van der Waals surface area contributed by atoms with Crippen LogP contribution < -0.4 is 0 Å². The highest BCUT2D eigenvalue weighted by molar-refractivity contribution is 6.20. The fourth-order valence-electron chi connectivity index (χ4n) is 9.00. The highest BCUT2D eigenvalue weighted by Gasteiger charge is 2.19. The minimum absolute atomic E-state index is 0.688. The molecule has 0 atom stereocenters. The van der Waals surface area contributed by atoms with Gasteiger partial charge in [0.2, 0.25) is 0 Å². The van der Waals surface area contributed by atoms with Gasteiger partial charge in [-0.25, -0.2) is 9.97 Å². The lowest BCUT2D eigenvalue weighted by atomic mass is 9.91. The molecule has 3 heteroatoms. The van der Waals surface area contributed by atoms with Crippen molar-refractivity contribution in [3.63, 3.8) is 0 Å². The van der Waals surface area contributed by atoms with E-state index in [9.17, 15) is 0 Å². The number of nitrogens with zero attached hydrogens (tertiary/aromatic N) is 2. The van der Waals surface area contributed by atoms with Gasteiger partial charge in [0, 0.05) is 32.8 Å². The Hall–Kier alpha value is -7.88. The van der Waals surface area contributed by atoms with Gasteiger partial charge in [-0.05, 0) is 90.3 Å². The van der Waals surface area contributed by atoms with Gasteiger partial charge in [0.15, 0.2) is 5.82 Å². The van der Waals surface area contributed by atoms with Gasteiger partial charge in [-0.1, -0.05) is 176 Å². The smallest absolute Gasteiger partial charge is 0.161 e. The molecule has 0 unspecified atom stereocenters. The van der Waals surface area contributed by atoms with E-state index in [1.54, 1.807) is 0 Å². The van der Waals surface area contributed by atoms with Crippen molar-refractivity contribution in [1.29, 1.82) is 0 Å². The van der Waals surface area contributed by atoms with Crippen LogP contribution in [0.5, 0.6) is 0 Å². The summed E-state index contributed by atoms with van der Waals surface area (Å²) in [6.07, 6.45) is 0. The first-order valence-corrected chi connectivity index (χ1v) is 20.1. The number of furan rings is 1. The van der Waals surface area contributed by atoms with E-state index in [0.29, 0.717) is 5.82 Å². The predicted molar refractivity (Wildman–Crippen MR) is 247 cm³/mol. The molecule has 0 N–H and O–H groups in total. The molecule has 0 radical (unpaired) electrons. The Balaban J connectivity index is 1.05. The molecule has 0 amide bonds. The van der Waals surface area contributed by atoms with Gasteiger partial charge in [-0.15, -0.1) is 0 Å². The van der Waals surface area contributed by atoms with Crippen LogP contribution in [0, 0.1) is 0 Å². The summed E-state index contributed by atoms with van der Waals surface area (Å²) in [6.45, 7) is 0. The van der Waals surface area contributed by atoms with Gasteiger partial charge in [0.25, 0.3) is 0 Å². The molecule has 59 heavy (non-hydrogen) atoms. The zero-order valence-corrected chi connectivity index (χ0v) is 31.9. The highest BCUT2D eigenvalue weighted by Crippen LogP contribution is 2.42. The van der Waals surface area contributed by atoms with Crippen LogP contribution in [0.2, 0.25) is 0 Å². The van der Waals surface area contributed by atoms with Crippen molar-refractivity contribution in [2.45, 2.75) is 0 Å². The Bertz CT molecular complexity index is 3600. The van der Waals surface area contributed by atoms with Crippen molar-refractivity contribution >= 4 is 65.0 Å². The van der Waals surface area contributed by atoms with E-state index >= 15 is 0 Å². The Morgan fingerprint density at radius 1 is 0.305 bits per heavy atom. The van der Waals surface area contributed by atoms with Crippen molar-refractivity contribution in [2.24, 2.45) is 0 Å². The number of rotatable bonds is 5. The van der Waals surface area contributed by atoms with Gasteiger partial charge in [-0.3, -0.25) is 0 Å². The number of aromatic nitrogens is 2. The lowest BCUT2D eigenvalue weighted by molar-refractivity contribution is 0.672.